The van der Waals surface area contributed by atoms with Gasteiger partial charge in [-0.25, -0.2) is 4.98 Å². The lowest BCUT2D eigenvalue weighted by atomic mass is 9.73. The van der Waals surface area contributed by atoms with Crippen LogP contribution in [0.2, 0.25) is 0 Å². The predicted octanol–water partition coefficient (Wildman–Crippen LogP) is 3.76. The maximum Gasteiger partial charge on any atom is 0.203 e. The zero-order chi connectivity index (χ0) is 13.2. The molecule has 1 saturated carbocycles. The fourth-order valence-electron chi connectivity index (χ4n) is 2.86. The number of anilines is 1. The number of nitrogens with one attached hydrogen (secondary N) is 1. The van der Waals surface area contributed by atoms with Crippen molar-refractivity contribution in [3.63, 3.8) is 0 Å². The lowest BCUT2D eigenvalue weighted by molar-refractivity contribution is 0.216. The van der Waals surface area contributed by atoms with Crippen LogP contribution in [0.4, 0.5) is 5.95 Å². The number of rotatable bonds is 4. The SMILES string of the molecule is C=CCn1cc(C)nc1NC1CCCCC1(C)C. The van der Waals surface area contributed by atoms with Crippen molar-refractivity contribution in [1.82, 2.24) is 9.55 Å². The summed E-state index contributed by atoms with van der Waals surface area (Å²) in [5, 5.41) is 3.65. The van der Waals surface area contributed by atoms with Crippen LogP contribution in [-0.2, 0) is 6.54 Å². The number of imidazole rings is 1. The van der Waals surface area contributed by atoms with E-state index in [4.69, 9.17) is 0 Å². The first-order valence-electron chi connectivity index (χ1n) is 6.94. The van der Waals surface area contributed by atoms with E-state index in [0.717, 1.165) is 18.2 Å². The van der Waals surface area contributed by atoms with E-state index in [0.29, 0.717) is 11.5 Å². The Bertz CT molecular complexity index is 417. The third kappa shape index (κ3) is 2.77. The van der Waals surface area contributed by atoms with Crippen LogP contribution in [0.5, 0.6) is 0 Å². The van der Waals surface area contributed by atoms with E-state index in [1.54, 1.807) is 0 Å². The summed E-state index contributed by atoms with van der Waals surface area (Å²) in [4.78, 5) is 4.59. The number of allylic oxidation sites excluding steroid dienone is 1. The van der Waals surface area contributed by atoms with E-state index in [1.807, 2.05) is 13.0 Å². The largest absolute Gasteiger partial charge is 0.352 e. The Morgan fingerprint density at radius 2 is 2.33 bits per heavy atom. The Balaban J connectivity index is 2.14. The van der Waals surface area contributed by atoms with Gasteiger partial charge >= 0.3 is 0 Å². The number of aryl methyl sites for hydroxylation is 1. The Labute approximate surface area is 110 Å². The maximum absolute atomic E-state index is 4.59. The van der Waals surface area contributed by atoms with Crippen molar-refractivity contribution in [3.8, 4) is 0 Å². The van der Waals surface area contributed by atoms with Crippen LogP contribution in [0, 0.1) is 12.3 Å². The smallest absolute Gasteiger partial charge is 0.203 e. The van der Waals surface area contributed by atoms with Crippen molar-refractivity contribution in [3.05, 3.63) is 24.5 Å². The molecule has 2 rings (SSSR count). The maximum atomic E-state index is 4.59. The highest BCUT2D eigenvalue weighted by Gasteiger charge is 2.32. The summed E-state index contributed by atoms with van der Waals surface area (Å²) in [5.74, 6) is 0.993. The molecular formula is C15H25N3. The highest BCUT2D eigenvalue weighted by Crippen LogP contribution is 2.37. The van der Waals surface area contributed by atoms with Gasteiger partial charge in [0.05, 0.1) is 5.69 Å². The summed E-state index contributed by atoms with van der Waals surface area (Å²) in [5.41, 5.74) is 1.42. The Morgan fingerprint density at radius 3 is 3.00 bits per heavy atom. The zero-order valence-electron chi connectivity index (χ0n) is 11.9. The standard InChI is InChI=1S/C15H25N3/c1-5-10-18-11-12(2)16-14(18)17-13-8-6-7-9-15(13,3)4/h5,11,13H,1,6-10H2,2-4H3,(H,16,17). The van der Waals surface area contributed by atoms with Gasteiger partial charge in [0.2, 0.25) is 5.95 Å². The van der Waals surface area contributed by atoms with Gasteiger partial charge in [-0.15, -0.1) is 6.58 Å². The minimum Gasteiger partial charge on any atom is -0.352 e. The molecule has 1 heterocycles. The Kier molecular flexibility index (Phi) is 3.79. The van der Waals surface area contributed by atoms with Gasteiger partial charge in [-0.05, 0) is 25.2 Å². The monoisotopic (exact) mass is 247 g/mol. The normalized spacial score (nSPS) is 22.7. The number of aromatic nitrogens is 2. The average Bonchev–Trinajstić information content (AvgIpc) is 2.63. The minimum atomic E-state index is 0.358. The van der Waals surface area contributed by atoms with Crippen LogP contribution in [-0.4, -0.2) is 15.6 Å². The molecule has 0 aliphatic heterocycles. The number of hydrogen-bond acceptors (Lipinski definition) is 2. The highest BCUT2D eigenvalue weighted by atomic mass is 15.2. The molecule has 18 heavy (non-hydrogen) atoms. The second-order valence-electron chi connectivity index (χ2n) is 6.08. The van der Waals surface area contributed by atoms with Crippen molar-refractivity contribution in [1.29, 1.82) is 0 Å². The van der Waals surface area contributed by atoms with Gasteiger partial charge in [-0.2, -0.15) is 0 Å². The molecular weight excluding hydrogens is 222 g/mol. The van der Waals surface area contributed by atoms with E-state index in [2.05, 4.69) is 41.5 Å². The van der Waals surface area contributed by atoms with E-state index in [-0.39, 0.29) is 0 Å². The molecule has 1 N–H and O–H groups in total. The molecule has 1 aromatic rings. The van der Waals surface area contributed by atoms with Gasteiger partial charge in [0.1, 0.15) is 0 Å². The van der Waals surface area contributed by atoms with Gasteiger partial charge in [0.15, 0.2) is 0 Å². The lowest BCUT2D eigenvalue weighted by Gasteiger charge is -2.39. The minimum absolute atomic E-state index is 0.358. The molecule has 1 aliphatic carbocycles. The van der Waals surface area contributed by atoms with Crippen molar-refractivity contribution < 1.29 is 0 Å². The summed E-state index contributed by atoms with van der Waals surface area (Å²) in [6, 6.07) is 0.525. The fourth-order valence-corrected chi connectivity index (χ4v) is 2.86. The molecule has 1 aliphatic rings. The second kappa shape index (κ2) is 5.17. The third-order valence-electron chi connectivity index (χ3n) is 4.03. The highest BCUT2D eigenvalue weighted by molar-refractivity contribution is 5.31. The van der Waals surface area contributed by atoms with E-state index < -0.39 is 0 Å². The molecule has 1 aromatic heterocycles. The average molecular weight is 247 g/mol. The zero-order valence-corrected chi connectivity index (χ0v) is 11.9. The summed E-state index contributed by atoms with van der Waals surface area (Å²) in [6.45, 7) is 11.4. The van der Waals surface area contributed by atoms with E-state index in [9.17, 15) is 0 Å². The molecule has 3 heteroatoms. The third-order valence-corrected chi connectivity index (χ3v) is 4.03. The van der Waals surface area contributed by atoms with Gasteiger partial charge in [-0.1, -0.05) is 32.8 Å². The van der Waals surface area contributed by atoms with Crippen LogP contribution in [0.1, 0.15) is 45.2 Å². The first-order chi connectivity index (χ1) is 8.53. The van der Waals surface area contributed by atoms with Crippen molar-refractivity contribution in [2.75, 3.05) is 5.32 Å². The van der Waals surface area contributed by atoms with E-state index in [1.165, 1.54) is 25.7 Å². The van der Waals surface area contributed by atoms with Crippen molar-refractivity contribution >= 4 is 5.95 Å². The molecule has 3 nitrogen and oxygen atoms in total. The summed E-state index contributed by atoms with van der Waals surface area (Å²) in [7, 11) is 0. The van der Waals surface area contributed by atoms with Gasteiger partial charge in [-0.3, -0.25) is 0 Å². The van der Waals surface area contributed by atoms with Gasteiger partial charge in [0, 0.05) is 18.8 Å². The van der Waals surface area contributed by atoms with Crippen LogP contribution in [0.3, 0.4) is 0 Å². The first kappa shape index (κ1) is 13.2. The second-order valence-corrected chi connectivity index (χ2v) is 6.08. The van der Waals surface area contributed by atoms with Gasteiger partial charge < -0.3 is 9.88 Å². The van der Waals surface area contributed by atoms with Crippen molar-refractivity contribution in [2.24, 2.45) is 5.41 Å². The first-order valence-corrected chi connectivity index (χ1v) is 6.94. The predicted molar refractivity (Wildman–Crippen MR) is 76.8 cm³/mol. The van der Waals surface area contributed by atoms with Crippen LogP contribution in [0.25, 0.3) is 0 Å². The molecule has 0 aromatic carbocycles. The topological polar surface area (TPSA) is 29.9 Å². The molecule has 0 spiro atoms. The summed E-state index contributed by atoms with van der Waals surface area (Å²) < 4.78 is 2.15. The van der Waals surface area contributed by atoms with Crippen molar-refractivity contribution in [2.45, 2.75) is 59.0 Å². The van der Waals surface area contributed by atoms with Crippen LogP contribution in [0.15, 0.2) is 18.9 Å². The number of hydrogen-bond donors (Lipinski definition) is 1. The molecule has 1 fully saturated rings. The Morgan fingerprint density at radius 1 is 1.56 bits per heavy atom. The molecule has 100 valence electrons. The van der Waals surface area contributed by atoms with Crippen LogP contribution >= 0.6 is 0 Å². The molecule has 0 amide bonds. The molecule has 0 bridgehead atoms. The Hall–Kier alpha value is -1.25. The van der Waals surface area contributed by atoms with E-state index >= 15 is 0 Å². The van der Waals surface area contributed by atoms with Crippen LogP contribution < -0.4 is 5.32 Å². The quantitative estimate of drug-likeness (QED) is 0.821. The molecule has 0 radical (unpaired) electrons. The summed E-state index contributed by atoms with van der Waals surface area (Å²) >= 11 is 0. The summed E-state index contributed by atoms with van der Waals surface area (Å²) in [6.07, 6.45) is 9.21. The fraction of sp³-hybridized carbons (Fsp3) is 0.667. The van der Waals surface area contributed by atoms with Gasteiger partial charge in [0.25, 0.3) is 0 Å². The lowest BCUT2D eigenvalue weighted by Crippen LogP contribution is -2.39. The molecule has 0 saturated heterocycles. The number of nitrogens with zero attached hydrogens (tertiary/aromatic N) is 2. The molecule has 1 atom stereocenters. The molecule has 1 unspecified atom stereocenters.